The maximum atomic E-state index is 8.85. The third-order valence-electron chi connectivity index (χ3n) is 2.98. The van der Waals surface area contributed by atoms with Crippen LogP contribution in [0.4, 0.5) is 5.69 Å². The van der Waals surface area contributed by atoms with E-state index in [9.17, 15) is 0 Å². The van der Waals surface area contributed by atoms with Crippen LogP contribution in [0.3, 0.4) is 0 Å². The Hall–Kier alpha value is -1.32. The summed E-state index contributed by atoms with van der Waals surface area (Å²) < 4.78 is 0. The first-order valence-corrected chi connectivity index (χ1v) is 7.22. The lowest BCUT2D eigenvalue weighted by molar-refractivity contribution is 0.288. The van der Waals surface area contributed by atoms with Crippen molar-refractivity contribution in [3.8, 4) is 0 Å². The summed E-state index contributed by atoms with van der Waals surface area (Å²) in [7, 11) is 0. The van der Waals surface area contributed by atoms with Crippen LogP contribution in [-0.4, -0.2) is 11.7 Å². The van der Waals surface area contributed by atoms with E-state index in [1.54, 1.807) is 11.3 Å². The van der Waals surface area contributed by atoms with Gasteiger partial charge in [0.2, 0.25) is 0 Å². The molecular formula is C15H19NOS. The number of rotatable bonds is 6. The second-order valence-electron chi connectivity index (χ2n) is 4.45. The van der Waals surface area contributed by atoms with E-state index in [1.807, 2.05) is 0 Å². The molecule has 3 heteroatoms. The lowest BCUT2D eigenvalue weighted by atomic mass is 10.1. The Bertz CT molecular complexity index is 467. The van der Waals surface area contributed by atoms with Crippen molar-refractivity contribution in [2.75, 3.05) is 11.9 Å². The Morgan fingerprint density at radius 1 is 1.33 bits per heavy atom. The van der Waals surface area contributed by atoms with Crippen molar-refractivity contribution < 1.29 is 5.11 Å². The summed E-state index contributed by atoms with van der Waals surface area (Å²) in [6.07, 6.45) is 1.75. The molecule has 0 aliphatic rings. The summed E-state index contributed by atoms with van der Waals surface area (Å²) in [5.41, 5.74) is 3.73. The highest BCUT2D eigenvalue weighted by Crippen LogP contribution is 2.22. The van der Waals surface area contributed by atoms with E-state index in [2.05, 4.69) is 53.3 Å². The van der Waals surface area contributed by atoms with Gasteiger partial charge in [-0.15, -0.1) is 0 Å². The van der Waals surface area contributed by atoms with E-state index in [0.29, 0.717) is 6.04 Å². The molecule has 0 saturated heterocycles. The molecule has 2 rings (SSSR count). The fourth-order valence-electron chi connectivity index (χ4n) is 1.95. The van der Waals surface area contributed by atoms with Crippen molar-refractivity contribution in [3.05, 3.63) is 52.2 Å². The van der Waals surface area contributed by atoms with Crippen LogP contribution in [0, 0.1) is 0 Å². The zero-order valence-corrected chi connectivity index (χ0v) is 11.4. The Morgan fingerprint density at radius 2 is 2.22 bits per heavy atom. The number of aryl methyl sites for hydroxylation is 1. The Balaban J connectivity index is 2.00. The third kappa shape index (κ3) is 3.59. The summed E-state index contributed by atoms with van der Waals surface area (Å²) in [5.74, 6) is 0. The smallest absolute Gasteiger partial charge is 0.0493 e. The number of aliphatic hydroxyl groups is 1. The first-order valence-electron chi connectivity index (χ1n) is 6.28. The summed E-state index contributed by atoms with van der Waals surface area (Å²) in [6, 6.07) is 10.9. The van der Waals surface area contributed by atoms with Crippen LogP contribution >= 0.6 is 11.3 Å². The average molecular weight is 261 g/mol. The van der Waals surface area contributed by atoms with Gasteiger partial charge in [0.05, 0.1) is 0 Å². The van der Waals surface area contributed by atoms with E-state index >= 15 is 0 Å². The van der Waals surface area contributed by atoms with E-state index < -0.39 is 0 Å². The number of anilines is 1. The van der Waals surface area contributed by atoms with Crippen LogP contribution < -0.4 is 5.32 Å². The molecule has 0 saturated carbocycles. The Kier molecular flexibility index (Phi) is 4.79. The maximum absolute atomic E-state index is 8.85. The predicted octanol–water partition coefficient (Wildman–Crippen LogP) is 3.85. The van der Waals surface area contributed by atoms with Crippen molar-refractivity contribution in [1.82, 2.24) is 0 Å². The van der Waals surface area contributed by atoms with Crippen LogP contribution in [0.25, 0.3) is 0 Å². The Morgan fingerprint density at radius 3 is 2.94 bits per heavy atom. The lowest BCUT2D eigenvalue weighted by Gasteiger charge is -2.15. The van der Waals surface area contributed by atoms with Crippen LogP contribution in [-0.2, 0) is 6.42 Å². The normalized spacial score (nSPS) is 12.3. The minimum absolute atomic E-state index is 0.253. The quantitative estimate of drug-likeness (QED) is 0.828. The molecule has 1 unspecified atom stereocenters. The minimum atomic E-state index is 0.253. The van der Waals surface area contributed by atoms with Crippen LogP contribution in [0.15, 0.2) is 41.1 Å². The molecule has 0 radical (unpaired) electrons. The fourth-order valence-corrected chi connectivity index (χ4v) is 2.71. The third-order valence-corrected chi connectivity index (χ3v) is 3.68. The molecule has 1 aromatic carbocycles. The molecule has 0 aliphatic carbocycles. The molecule has 1 heterocycles. The highest BCUT2D eigenvalue weighted by molar-refractivity contribution is 7.07. The zero-order chi connectivity index (χ0) is 12.8. The van der Waals surface area contributed by atoms with Crippen molar-refractivity contribution in [1.29, 1.82) is 0 Å². The van der Waals surface area contributed by atoms with Gasteiger partial charge in [-0.3, -0.25) is 0 Å². The lowest BCUT2D eigenvalue weighted by Crippen LogP contribution is -2.05. The van der Waals surface area contributed by atoms with Gasteiger partial charge in [0, 0.05) is 18.3 Å². The van der Waals surface area contributed by atoms with E-state index in [4.69, 9.17) is 5.11 Å². The molecule has 18 heavy (non-hydrogen) atoms. The highest BCUT2D eigenvalue weighted by Gasteiger charge is 2.05. The molecule has 2 nitrogen and oxygen atoms in total. The SMILES string of the molecule is CC(Nc1cccc(CCCO)c1)c1ccsc1. The summed E-state index contributed by atoms with van der Waals surface area (Å²) in [5, 5.41) is 16.6. The van der Waals surface area contributed by atoms with Gasteiger partial charge < -0.3 is 10.4 Å². The number of aliphatic hydroxyl groups excluding tert-OH is 1. The van der Waals surface area contributed by atoms with Crippen molar-refractivity contribution >= 4 is 17.0 Å². The maximum Gasteiger partial charge on any atom is 0.0493 e. The van der Waals surface area contributed by atoms with Crippen molar-refractivity contribution in [2.45, 2.75) is 25.8 Å². The van der Waals surface area contributed by atoms with Crippen molar-refractivity contribution in [2.24, 2.45) is 0 Å². The van der Waals surface area contributed by atoms with Gasteiger partial charge in [0.25, 0.3) is 0 Å². The molecule has 1 aromatic heterocycles. The van der Waals surface area contributed by atoms with Gasteiger partial charge in [-0.2, -0.15) is 11.3 Å². The van der Waals surface area contributed by atoms with Crippen LogP contribution in [0.1, 0.15) is 30.5 Å². The van der Waals surface area contributed by atoms with Crippen LogP contribution in [0.2, 0.25) is 0 Å². The van der Waals surface area contributed by atoms with Gasteiger partial charge >= 0.3 is 0 Å². The molecule has 0 fully saturated rings. The van der Waals surface area contributed by atoms with Gasteiger partial charge in [0.15, 0.2) is 0 Å². The monoisotopic (exact) mass is 261 g/mol. The molecule has 0 bridgehead atoms. The van der Waals surface area contributed by atoms with E-state index in [-0.39, 0.29) is 6.61 Å². The zero-order valence-electron chi connectivity index (χ0n) is 10.6. The standard InChI is InChI=1S/C15H19NOS/c1-12(14-7-9-18-11-14)16-15-6-2-4-13(10-15)5-3-8-17/h2,4,6-7,9-12,16-17H,3,5,8H2,1H3. The van der Waals surface area contributed by atoms with Gasteiger partial charge in [-0.1, -0.05) is 12.1 Å². The van der Waals surface area contributed by atoms with E-state index in [1.165, 1.54) is 11.1 Å². The molecule has 2 N–H and O–H groups in total. The van der Waals surface area contributed by atoms with Crippen LogP contribution in [0.5, 0.6) is 0 Å². The second-order valence-corrected chi connectivity index (χ2v) is 5.23. The van der Waals surface area contributed by atoms with Gasteiger partial charge in [-0.05, 0) is 59.9 Å². The highest BCUT2D eigenvalue weighted by atomic mass is 32.1. The fraction of sp³-hybridized carbons (Fsp3) is 0.333. The predicted molar refractivity (Wildman–Crippen MR) is 78.2 cm³/mol. The summed E-state index contributed by atoms with van der Waals surface area (Å²) in [4.78, 5) is 0. The second kappa shape index (κ2) is 6.57. The molecule has 0 amide bonds. The summed E-state index contributed by atoms with van der Waals surface area (Å²) in [6.45, 7) is 2.42. The first-order chi connectivity index (χ1) is 8.79. The minimum Gasteiger partial charge on any atom is -0.396 e. The molecular weight excluding hydrogens is 242 g/mol. The molecule has 0 aliphatic heterocycles. The number of nitrogens with one attached hydrogen (secondary N) is 1. The largest absolute Gasteiger partial charge is 0.396 e. The molecule has 0 spiro atoms. The number of thiophene rings is 1. The topological polar surface area (TPSA) is 32.3 Å². The first kappa shape index (κ1) is 13.1. The van der Waals surface area contributed by atoms with Crippen molar-refractivity contribution in [3.63, 3.8) is 0 Å². The summed E-state index contributed by atoms with van der Waals surface area (Å²) >= 11 is 1.72. The molecule has 96 valence electrons. The number of hydrogen-bond acceptors (Lipinski definition) is 3. The Labute approximate surface area is 112 Å². The average Bonchev–Trinajstić information content (AvgIpc) is 2.91. The number of hydrogen-bond donors (Lipinski definition) is 2. The van der Waals surface area contributed by atoms with Gasteiger partial charge in [-0.25, -0.2) is 0 Å². The van der Waals surface area contributed by atoms with Gasteiger partial charge in [0.1, 0.15) is 0 Å². The molecule has 1 atom stereocenters. The van der Waals surface area contributed by atoms with E-state index in [0.717, 1.165) is 18.5 Å². The molecule has 2 aromatic rings. The number of benzene rings is 1.